The molecule has 3 rings (SSSR count). The van der Waals surface area contributed by atoms with Gasteiger partial charge >= 0.3 is 0 Å². The van der Waals surface area contributed by atoms with E-state index in [1.165, 1.54) is 37.7 Å². The van der Waals surface area contributed by atoms with Crippen LogP contribution in [0.3, 0.4) is 0 Å². The molecule has 1 fully saturated rings. The average molecular weight is 322 g/mol. The molecule has 3 N–H and O–H groups in total. The topological polar surface area (TPSA) is 72.2 Å². The highest BCUT2D eigenvalue weighted by Crippen LogP contribution is 2.32. The molecular formula is C20H22N2O2. The van der Waals surface area contributed by atoms with Crippen molar-refractivity contribution in [2.45, 2.75) is 38.0 Å². The molecule has 2 amide bonds. The quantitative estimate of drug-likeness (QED) is 0.890. The van der Waals surface area contributed by atoms with Crippen molar-refractivity contribution in [2.75, 3.05) is 5.32 Å². The van der Waals surface area contributed by atoms with E-state index in [2.05, 4.69) is 17.4 Å². The molecule has 2 aromatic rings. The first-order chi connectivity index (χ1) is 11.6. The van der Waals surface area contributed by atoms with Crippen LogP contribution >= 0.6 is 0 Å². The maximum absolute atomic E-state index is 12.3. The van der Waals surface area contributed by atoms with Crippen LogP contribution in [-0.2, 0) is 0 Å². The normalized spacial score (nSPS) is 15.0. The smallest absolute Gasteiger partial charge is 0.255 e. The first kappa shape index (κ1) is 16.2. The molecule has 1 aliphatic carbocycles. The maximum Gasteiger partial charge on any atom is 0.255 e. The summed E-state index contributed by atoms with van der Waals surface area (Å²) >= 11 is 0. The van der Waals surface area contributed by atoms with E-state index in [4.69, 9.17) is 5.73 Å². The fraction of sp³-hybridized carbons (Fsp3) is 0.300. The lowest BCUT2D eigenvalue weighted by Gasteiger charge is -2.22. The summed E-state index contributed by atoms with van der Waals surface area (Å²) in [4.78, 5) is 23.4. The summed E-state index contributed by atoms with van der Waals surface area (Å²) in [6.45, 7) is 0. The van der Waals surface area contributed by atoms with Gasteiger partial charge in [-0.25, -0.2) is 0 Å². The molecule has 0 bridgehead atoms. The lowest BCUT2D eigenvalue weighted by molar-refractivity contribution is 0.0998. The van der Waals surface area contributed by atoms with Crippen molar-refractivity contribution in [1.82, 2.24) is 0 Å². The molecule has 124 valence electrons. The second kappa shape index (κ2) is 7.30. The van der Waals surface area contributed by atoms with Crippen molar-refractivity contribution >= 4 is 17.5 Å². The van der Waals surface area contributed by atoms with E-state index in [-0.39, 0.29) is 5.91 Å². The third kappa shape index (κ3) is 3.82. The highest BCUT2D eigenvalue weighted by molar-refractivity contribution is 6.04. The van der Waals surface area contributed by atoms with E-state index in [9.17, 15) is 9.59 Å². The van der Waals surface area contributed by atoms with E-state index in [0.717, 1.165) is 0 Å². The summed E-state index contributed by atoms with van der Waals surface area (Å²) in [5.74, 6) is 0.000373. The van der Waals surface area contributed by atoms with Crippen LogP contribution in [0.1, 0.15) is 64.3 Å². The van der Waals surface area contributed by atoms with Crippen LogP contribution in [0.2, 0.25) is 0 Å². The van der Waals surface area contributed by atoms with Gasteiger partial charge in [-0.2, -0.15) is 0 Å². The molecular weight excluding hydrogens is 300 g/mol. The van der Waals surface area contributed by atoms with Gasteiger partial charge in [0.1, 0.15) is 0 Å². The highest BCUT2D eigenvalue weighted by atomic mass is 16.2. The summed E-state index contributed by atoms with van der Waals surface area (Å²) < 4.78 is 0. The van der Waals surface area contributed by atoms with Crippen molar-refractivity contribution in [3.05, 3.63) is 65.2 Å². The lowest BCUT2D eigenvalue weighted by Crippen LogP contribution is -2.13. The largest absolute Gasteiger partial charge is 0.366 e. The van der Waals surface area contributed by atoms with Crippen LogP contribution in [0.15, 0.2) is 48.5 Å². The van der Waals surface area contributed by atoms with Crippen molar-refractivity contribution in [1.29, 1.82) is 0 Å². The Morgan fingerprint density at radius 3 is 2.00 bits per heavy atom. The Hall–Kier alpha value is -2.62. The van der Waals surface area contributed by atoms with Gasteiger partial charge in [0, 0.05) is 16.8 Å². The van der Waals surface area contributed by atoms with Gasteiger partial charge in [-0.3, -0.25) is 9.59 Å². The molecule has 4 heteroatoms. The number of hydrogen-bond donors (Lipinski definition) is 2. The fourth-order valence-corrected chi connectivity index (χ4v) is 3.26. The zero-order valence-corrected chi connectivity index (χ0v) is 13.6. The number of hydrogen-bond acceptors (Lipinski definition) is 2. The molecule has 0 spiro atoms. The minimum absolute atomic E-state index is 0.156. The summed E-state index contributed by atoms with van der Waals surface area (Å²) in [6, 6.07) is 14.5. The molecule has 0 radical (unpaired) electrons. The minimum atomic E-state index is -0.480. The number of rotatable bonds is 4. The number of nitrogens with one attached hydrogen (secondary N) is 1. The van der Waals surface area contributed by atoms with E-state index < -0.39 is 5.91 Å². The van der Waals surface area contributed by atoms with Gasteiger partial charge in [-0.1, -0.05) is 31.4 Å². The molecule has 0 saturated heterocycles. The fourth-order valence-electron chi connectivity index (χ4n) is 3.26. The molecule has 1 saturated carbocycles. The number of amides is 2. The number of benzene rings is 2. The second-order valence-corrected chi connectivity index (χ2v) is 6.35. The standard InChI is InChI=1S/C20H22N2O2/c21-19(23)16-10-12-18(13-11-16)22-20(24)17-8-6-15(7-9-17)14-4-2-1-3-5-14/h6-14H,1-5H2,(H2,21,23)(H,22,24). The van der Waals surface area contributed by atoms with Crippen molar-refractivity contribution in [3.63, 3.8) is 0 Å². The molecule has 0 heterocycles. The van der Waals surface area contributed by atoms with Gasteiger partial charge in [-0.05, 0) is 60.7 Å². The van der Waals surface area contributed by atoms with Crippen LogP contribution in [0.4, 0.5) is 5.69 Å². The first-order valence-corrected chi connectivity index (χ1v) is 8.44. The van der Waals surface area contributed by atoms with Crippen molar-refractivity contribution in [3.8, 4) is 0 Å². The maximum atomic E-state index is 12.3. The molecule has 1 aliphatic rings. The van der Waals surface area contributed by atoms with Crippen molar-refractivity contribution < 1.29 is 9.59 Å². The zero-order chi connectivity index (χ0) is 16.9. The second-order valence-electron chi connectivity index (χ2n) is 6.35. The monoisotopic (exact) mass is 322 g/mol. The van der Waals surface area contributed by atoms with Crippen LogP contribution < -0.4 is 11.1 Å². The highest BCUT2D eigenvalue weighted by Gasteiger charge is 2.16. The van der Waals surface area contributed by atoms with Crippen molar-refractivity contribution in [2.24, 2.45) is 5.73 Å². The average Bonchev–Trinajstić information content (AvgIpc) is 2.63. The molecule has 0 aromatic heterocycles. The molecule has 0 unspecified atom stereocenters. The minimum Gasteiger partial charge on any atom is -0.366 e. The number of carbonyl (C=O) groups is 2. The van der Waals surface area contributed by atoms with E-state index in [1.54, 1.807) is 24.3 Å². The zero-order valence-electron chi connectivity index (χ0n) is 13.6. The predicted molar refractivity (Wildman–Crippen MR) is 95.2 cm³/mol. The molecule has 2 aromatic carbocycles. The third-order valence-electron chi connectivity index (χ3n) is 4.68. The summed E-state index contributed by atoms with van der Waals surface area (Å²) in [5.41, 5.74) is 8.23. The Bertz CT molecular complexity index is 714. The molecule has 4 nitrogen and oxygen atoms in total. The number of carbonyl (C=O) groups excluding carboxylic acids is 2. The van der Waals surface area contributed by atoms with Crippen LogP contribution in [0, 0.1) is 0 Å². The molecule has 0 atom stereocenters. The predicted octanol–water partition coefficient (Wildman–Crippen LogP) is 4.09. The Morgan fingerprint density at radius 1 is 0.833 bits per heavy atom. The SMILES string of the molecule is NC(=O)c1ccc(NC(=O)c2ccc(C3CCCCC3)cc2)cc1. The van der Waals surface area contributed by atoms with Gasteiger partial charge in [0.05, 0.1) is 0 Å². The van der Waals surface area contributed by atoms with Crippen LogP contribution in [-0.4, -0.2) is 11.8 Å². The van der Waals surface area contributed by atoms with Crippen LogP contribution in [0.5, 0.6) is 0 Å². The summed E-state index contributed by atoms with van der Waals surface area (Å²) in [5, 5.41) is 2.83. The lowest BCUT2D eigenvalue weighted by atomic mass is 9.84. The number of nitrogens with two attached hydrogens (primary N) is 1. The van der Waals surface area contributed by atoms with Gasteiger partial charge in [0.25, 0.3) is 5.91 Å². The third-order valence-corrected chi connectivity index (χ3v) is 4.68. The Balaban J connectivity index is 1.65. The van der Waals surface area contributed by atoms with Gasteiger partial charge in [0.15, 0.2) is 0 Å². The van der Waals surface area contributed by atoms with E-state index in [0.29, 0.717) is 22.7 Å². The Morgan fingerprint density at radius 2 is 1.42 bits per heavy atom. The summed E-state index contributed by atoms with van der Waals surface area (Å²) in [6.07, 6.45) is 6.43. The van der Waals surface area contributed by atoms with E-state index in [1.807, 2.05) is 12.1 Å². The van der Waals surface area contributed by atoms with E-state index >= 15 is 0 Å². The van der Waals surface area contributed by atoms with Gasteiger partial charge < -0.3 is 11.1 Å². The van der Waals surface area contributed by atoms with Gasteiger partial charge in [-0.15, -0.1) is 0 Å². The number of primary amides is 1. The number of anilines is 1. The first-order valence-electron chi connectivity index (χ1n) is 8.44. The Kier molecular flexibility index (Phi) is 4.94. The molecule has 24 heavy (non-hydrogen) atoms. The van der Waals surface area contributed by atoms with Gasteiger partial charge in [0.2, 0.25) is 5.91 Å². The van der Waals surface area contributed by atoms with Crippen LogP contribution in [0.25, 0.3) is 0 Å². The molecule has 0 aliphatic heterocycles. The Labute approximate surface area is 142 Å². The summed E-state index contributed by atoms with van der Waals surface area (Å²) in [7, 11) is 0.